The average molecular weight is 394 g/mol. The van der Waals surface area contributed by atoms with E-state index in [-0.39, 0.29) is 5.78 Å². The van der Waals surface area contributed by atoms with Crippen molar-refractivity contribution in [3.05, 3.63) is 82.1 Å². The summed E-state index contributed by atoms with van der Waals surface area (Å²) in [5, 5.41) is 1.81. The van der Waals surface area contributed by atoms with Crippen LogP contribution in [-0.2, 0) is 0 Å². The van der Waals surface area contributed by atoms with Crippen LogP contribution in [0.25, 0.3) is 6.08 Å². The molecule has 0 fully saturated rings. The number of allylic oxidation sites excluding steroid dienone is 1. The molecule has 0 spiro atoms. The molecular formula is C22H18O5S. The molecule has 0 atom stereocenters. The highest BCUT2D eigenvalue weighted by Crippen LogP contribution is 2.26. The molecule has 1 heterocycles. The van der Waals surface area contributed by atoms with Gasteiger partial charge in [0.25, 0.3) is 0 Å². The zero-order valence-corrected chi connectivity index (χ0v) is 16.2. The van der Waals surface area contributed by atoms with Gasteiger partial charge in [0, 0.05) is 5.56 Å². The lowest BCUT2D eigenvalue weighted by Gasteiger charge is -2.08. The number of para-hydroxylation sites is 1. The van der Waals surface area contributed by atoms with Gasteiger partial charge in [-0.25, -0.2) is 4.79 Å². The third-order valence-electron chi connectivity index (χ3n) is 3.93. The van der Waals surface area contributed by atoms with E-state index in [1.807, 2.05) is 5.38 Å². The van der Waals surface area contributed by atoms with Crippen molar-refractivity contribution in [2.75, 3.05) is 14.2 Å². The van der Waals surface area contributed by atoms with Crippen molar-refractivity contribution < 1.29 is 23.8 Å². The highest BCUT2D eigenvalue weighted by molar-refractivity contribution is 7.12. The lowest BCUT2D eigenvalue weighted by molar-refractivity contribution is 0.0739. The van der Waals surface area contributed by atoms with Crippen molar-refractivity contribution in [2.45, 2.75) is 0 Å². The van der Waals surface area contributed by atoms with Crippen LogP contribution in [0.15, 0.2) is 66.1 Å². The van der Waals surface area contributed by atoms with Gasteiger partial charge in [-0.2, -0.15) is 0 Å². The first-order valence-electron chi connectivity index (χ1n) is 8.41. The molecule has 3 aromatic rings. The summed E-state index contributed by atoms with van der Waals surface area (Å²) in [5.41, 5.74) is 0.994. The molecule has 3 rings (SSSR count). The Morgan fingerprint density at radius 1 is 0.929 bits per heavy atom. The first kappa shape index (κ1) is 19.4. The number of hydrogen-bond donors (Lipinski definition) is 0. The second-order valence-electron chi connectivity index (χ2n) is 5.67. The van der Waals surface area contributed by atoms with Crippen LogP contribution in [0, 0.1) is 0 Å². The van der Waals surface area contributed by atoms with Crippen molar-refractivity contribution in [2.24, 2.45) is 0 Å². The maximum Gasteiger partial charge on any atom is 0.353 e. The van der Waals surface area contributed by atoms with Gasteiger partial charge in [0.1, 0.15) is 22.1 Å². The molecule has 1 aromatic heterocycles. The molecule has 0 aliphatic heterocycles. The van der Waals surface area contributed by atoms with E-state index in [4.69, 9.17) is 14.2 Å². The van der Waals surface area contributed by atoms with E-state index in [1.165, 1.54) is 31.6 Å². The molecule has 5 nitrogen and oxygen atoms in total. The number of hydrogen-bond acceptors (Lipinski definition) is 6. The molecule has 0 unspecified atom stereocenters. The number of benzene rings is 2. The van der Waals surface area contributed by atoms with Gasteiger partial charge in [-0.05, 0) is 47.9 Å². The Kier molecular flexibility index (Phi) is 6.24. The first-order chi connectivity index (χ1) is 13.6. The van der Waals surface area contributed by atoms with E-state index >= 15 is 0 Å². The smallest absolute Gasteiger partial charge is 0.353 e. The Balaban J connectivity index is 1.83. The predicted octanol–water partition coefficient (Wildman–Crippen LogP) is 4.88. The molecule has 0 aliphatic rings. The van der Waals surface area contributed by atoms with Crippen LogP contribution in [0.5, 0.6) is 17.2 Å². The fraction of sp³-hybridized carbons (Fsp3) is 0.0909. The summed E-state index contributed by atoms with van der Waals surface area (Å²) in [6.45, 7) is 0. The molecular weight excluding hydrogens is 376 g/mol. The summed E-state index contributed by atoms with van der Waals surface area (Å²) in [6.07, 6.45) is 3.02. The second kappa shape index (κ2) is 9.01. The van der Waals surface area contributed by atoms with Gasteiger partial charge >= 0.3 is 5.97 Å². The number of methoxy groups -OCH3 is 2. The van der Waals surface area contributed by atoms with Crippen molar-refractivity contribution in [3.63, 3.8) is 0 Å². The van der Waals surface area contributed by atoms with Crippen molar-refractivity contribution in [1.82, 2.24) is 0 Å². The number of esters is 1. The molecule has 142 valence electrons. The monoisotopic (exact) mass is 394 g/mol. The summed E-state index contributed by atoms with van der Waals surface area (Å²) in [6, 6.07) is 15.5. The normalized spacial score (nSPS) is 10.6. The highest BCUT2D eigenvalue weighted by atomic mass is 32.1. The van der Waals surface area contributed by atoms with Crippen LogP contribution in [0.4, 0.5) is 0 Å². The zero-order valence-electron chi connectivity index (χ0n) is 15.4. The maximum absolute atomic E-state index is 12.7. The van der Waals surface area contributed by atoms with Crippen LogP contribution < -0.4 is 14.2 Å². The largest absolute Gasteiger partial charge is 0.497 e. The maximum atomic E-state index is 12.7. The van der Waals surface area contributed by atoms with E-state index in [0.29, 0.717) is 33.3 Å². The fourth-order valence-corrected chi connectivity index (χ4v) is 3.12. The summed E-state index contributed by atoms with van der Waals surface area (Å²) >= 11 is 1.31. The predicted molar refractivity (Wildman–Crippen MR) is 109 cm³/mol. The van der Waals surface area contributed by atoms with Gasteiger partial charge in [0.05, 0.1) is 19.8 Å². The van der Waals surface area contributed by atoms with Crippen LogP contribution >= 0.6 is 11.3 Å². The van der Waals surface area contributed by atoms with Gasteiger partial charge in [-0.3, -0.25) is 4.79 Å². The summed E-state index contributed by atoms with van der Waals surface area (Å²) in [4.78, 5) is 25.4. The minimum Gasteiger partial charge on any atom is -0.497 e. The van der Waals surface area contributed by atoms with E-state index in [1.54, 1.807) is 60.7 Å². The standard InChI is InChI=1S/C22H18O5S/c1-25-16-10-12-20(26-2)17(14-16)18(23)11-9-15-6-3-4-7-19(15)27-22(24)21-8-5-13-28-21/h3-14H,1-2H3/b11-9+. The molecule has 28 heavy (non-hydrogen) atoms. The first-order valence-corrected chi connectivity index (χ1v) is 9.29. The second-order valence-corrected chi connectivity index (χ2v) is 6.62. The Morgan fingerprint density at radius 2 is 1.75 bits per heavy atom. The third-order valence-corrected chi connectivity index (χ3v) is 4.78. The molecule has 0 bridgehead atoms. The minimum atomic E-state index is -0.434. The fourth-order valence-electron chi connectivity index (χ4n) is 2.52. The molecule has 0 saturated carbocycles. The Labute approximate surface area is 166 Å². The molecule has 0 aliphatic carbocycles. The summed E-state index contributed by atoms with van der Waals surface area (Å²) in [5.74, 6) is 0.699. The van der Waals surface area contributed by atoms with Crippen molar-refractivity contribution >= 4 is 29.2 Å². The van der Waals surface area contributed by atoms with Crippen LogP contribution in [0.1, 0.15) is 25.6 Å². The SMILES string of the molecule is COc1ccc(OC)c(C(=O)/C=C/c2ccccc2OC(=O)c2cccs2)c1. The van der Waals surface area contributed by atoms with Gasteiger partial charge in [0.2, 0.25) is 0 Å². The number of thiophene rings is 1. The average Bonchev–Trinajstić information content (AvgIpc) is 3.27. The number of carbonyl (C=O) groups excluding carboxylic acids is 2. The van der Waals surface area contributed by atoms with Crippen molar-refractivity contribution in [1.29, 1.82) is 0 Å². The number of ketones is 1. The van der Waals surface area contributed by atoms with Crippen LogP contribution in [-0.4, -0.2) is 26.0 Å². The van der Waals surface area contributed by atoms with E-state index < -0.39 is 5.97 Å². The zero-order chi connectivity index (χ0) is 19.9. The van der Waals surface area contributed by atoms with E-state index in [2.05, 4.69) is 0 Å². The Hall–Kier alpha value is -3.38. The highest BCUT2D eigenvalue weighted by Gasteiger charge is 2.13. The molecule has 0 saturated heterocycles. The van der Waals surface area contributed by atoms with Gasteiger partial charge in [-0.1, -0.05) is 24.3 Å². The lowest BCUT2D eigenvalue weighted by atomic mass is 10.1. The van der Waals surface area contributed by atoms with Crippen molar-refractivity contribution in [3.8, 4) is 17.2 Å². The Morgan fingerprint density at radius 3 is 2.46 bits per heavy atom. The quantitative estimate of drug-likeness (QED) is 0.247. The number of carbonyl (C=O) groups is 2. The lowest BCUT2D eigenvalue weighted by Crippen LogP contribution is -2.07. The molecule has 0 radical (unpaired) electrons. The third kappa shape index (κ3) is 4.47. The Bertz CT molecular complexity index is 1010. The molecule has 2 aromatic carbocycles. The van der Waals surface area contributed by atoms with Gasteiger partial charge in [0.15, 0.2) is 5.78 Å². The summed E-state index contributed by atoms with van der Waals surface area (Å²) in [7, 11) is 3.03. The topological polar surface area (TPSA) is 61.8 Å². The van der Waals surface area contributed by atoms with E-state index in [9.17, 15) is 9.59 Å². The molecule has 6 heteroatoms. The van der Waals surface area contributed by atoms with Gasteiger partial charge < -0.3 is 14.2 Å². The summed E-state index contributed by atoms with van der Waals surface area (Å²) < 4.78 is 15.9. The number of ether oxygens (including phenoxy) is 3. The molecule has 0 amide bonds. The van der Waals surface area contributed by atoms with E-state index in [0.717, 1.165) is 0 Å². The molecule has 0 N–H and O–H groups in total. The minimum absolute atomic E-state index is 0.255. The van der Waals surface area contributed by atoms with Crippen LogP contribution in [0.3, 0.4) is 0 Å². The van der Waals surface area contributed by atoms with Gasteiger partial charge in [-0.15, -0.1) is 11.3 Å². The number of rotatable bonds is 7. The van der Waals surface area contributed by atoms with Crippen LogP contribution in [0.2, 0.25) is 0 Å².